The second-order valence-electron chi connectivity index (χ2n) is 8.90. The minimum Gasteiger partial charge on any atom is -0.479 e. The highest BCUT2D eigenvalue weighted by Crippen LogP contribution is 2.51. The van der Waals surface area contributed by atoms with Gasteiger partial charge in [0.25, 0.3) is 0 Å². The van der Waals surface area contributed by atoms with Crippen molar-refractivity contribution in [2.75, 3.05) is 6.61 Å². The van der Waals surface area contributed by atoms with Crippen molar-refractivity contribution in [2.45, 2.75) is 82.8 Å². The van der Waals surface area contributed by atoms with E-state index in [0.29, 0.717) is 18.8 Å². The van der Waals surface area contributed by atoms with Gasteiger partial charge in [-0.05, 0) is 46.8 Å². The average Bonchev–Trinajstić information content (AvgIpc) is 3.15. The fourth-order valence-electron chi connectivity index (χ4n) is 4.69. The van der Waals surface area contributed by atoms with Crippen molar-refractivity contribution in [3.63, 3.8) is 0 Å². The second kappa shape index (κ2) is 6.00. The molecule has 0 saturated carbocycles. The van der Waals surface area contributed by atoms with E-state index in [0.717, 1.165) is 11.4 Å². The van der Waals surface area contributed by atoms with Crippen LogP contribution in [0.4, 0.5) is 5.69 Å². The Morgan fingerprint density at radius 1 is 0.964 bits per heavy atom. The van der Waals surface area contributed by atoms with Gasteiger partial charge in [-0.1, -0.05) is 12.1 Å². The highest BCUT2D eigenvalue weighted by Gasteiger charge is 2.68. The number of para-hydroxylation sites is 2. The molecule has 5 rings (SSSR count). The van der Waals surface area contributed by atoms with Crippen molar-refractivity contribution in [1.29, 1.82) is 0 Å². The maximum atomic E-state index is 6.70. The third-order valence-corrected chi connectivity index (χ3v) is 5.68. The Bertz CT molecular complexity index is 821. The third kappa shape index (κ3) is 2.88. The van der Waals surface area contributed by atoms with Crippen molar-refractivity contribution in [2.24, 2.45) is 4.99 Å². The predicted molar refractivity (Wildman–Crippen MR) is 101 cm³/mol. The zero-order valence-electron chi connectivity index (χ0n) is 16.9. The van der Waals surface area contributed by atoms with Crippen LogP contribution >= 0.6 is 0 Å². The normalized spacial score (nSPS) is 40.5. The minimum atomic E-state index is -0.826. The molecule has 0 N–H and O–H groups in total. The van der Waals surface area contributed by atoms with Crippen molar-refractivity contribution in [1.82, 2.24) is 0 Å². The first-order valence-corrected chi connectivity index (χ1v) is 9.83. The van der Waals surface area contributed by atoms with E-state index >= 15 is 0 Å². The first kappa shape index (κ1) is 18.5. The first-order chi connectivity index (χ1) is 13.2. The quantitative estimate of drug-likeness (QED) is 0.734. The smallest absolute Gasteiger partial charge is 0.191 e. The van der Waals surface area contributed by atoms with Crippen LogP contribution in [0.15, 0.2) is 29.3 Å². The fraction of sp³-hybridized carbons (Fsp3) is 0.667. The molecule has 3 saturated heterocycles. The van der Waals surface area contributed by atoms with Gasteiger partial charge in [-0.15, -0.1) is 0 Å². The Hall–Kier alpha value is -1.51. The van der Waals surface area contributed by atoms with Crippen LogP contribution in [0.1, 0.15) is 41.0 Å². The Morgan fingerprint density at radius 3 is 2.50 bits per heavy atom. The molecule has 0 aromatic heterocycles. The van der Waals surface area contributed by atoms with Gasteiger partial charge < -0.3 is 28.4 Å². The van der Waals surface area contributed by atoms with Crippen molar-refractivity contribution >= 4 is 11.4 Å². The summed E-state index contributed by atoms with van der Waals surface area (Å²) in [6.07, 6.45) is -1.11. The topological polar surface area (TPSA) is 67.7 Å². The Kier molecular flexibility index (Phi) is 3.97. The van der Waals surface area contributed by atoms with Crippen LogP contribution in [0.25, 0.3) is 0 Å². The molecular formula is C21H27NO6. The van der Waals surface area contributed by atoms with Crippen molar-refractivity contribution < 1.29 is 28.4 Å². The number of nitrogens with zero attached hydrogens (tertiary/aromatic N) is 1. The van der Waals surface area contributed by atoms with Gasteiger partial charge in [-0.2, -0.15) is 0 Å². The van der Waals surface area contributed by atoms with Gasteiger partial charge >= 0.3 is 0 Å². The maximum Gasteiger partial charge on any atom is 0.191 e. The number of hydrogen-bond acceptors (Lipinski definition) is 7. The Morgan fingerprint density at radius 2 is 1.75 bits per heavy atom. The lowest BCUT2D eigenvalue weighted by atomic mass is 9.84. The lowest BCUT2D eigenvalue weighted by Crippen LogP contribution is -2.58. The lowest BCUT2D eigenvalue weighted by molar-refractivity contribution is -0.243. The first-order valence-electron chi connectivity index (χ1n) is 9.83. The zero-order chi connectivity index (χ0) is 19.7. The zero-order valence-corrected chi connectivity index (χ0v) is 16.9. The van der Waals surface area contributed by atoms with E-state index in [1.165, 1.54) is 0 Å². The molecule has 0 amide bonds. The molecule has 4 aliphatic heterocycles. The summed E-state index contributed by atoms with van der Waals surface area (Å²) in [7, 11) is 0. The van der Waals surface area contributed by atoms with E-state index in [2.05, 4.69) is 0 Å². The molecule has 7 nitrogen and oxygen atoms in total. The largest absolute Gasteiger partial charge is 0.479 e. The Labute approximate surface area is 164 Å². The number of rotatable bonds is 1. The maximum absolute atomic E-state index is 6.70. The third-order valence-electron chi connectivity index (χ3n) is 5.68. The second-order valence-corrected chi connectivity index (χ2v) is 8.90. The lowest BCUT2D eigenvalue weighted by Gasteiger charge is -2.39. The van der Waals surface area contributed by atoms with Crippen LogP contribution in [0, 0.1) is 0 Å². The molecule has 1 spiro atoms. The van der Waals surface area contributed by atoms with Crippen LogP contribution in [0.3, 0.4) is 0 Å². The molecule has 28 heavy (non-hydrogen) atoms. The van der Waals surface area contributed by atoms with Gasteiger partial charge in [0, 0.05) is 12.1 Å². The molecule has 7 heteroatoms. The molecular weight excluding hydrogens is 362 g/mol. The van der Waals surface area contributed by atoms with Crippen LogP contribution < -0.4 is 4.74 Å². The van der Waals surface area contributed by atoms with E-state index in [4.69, 9.17) is 33.4 Å². The summed E-state index contributed by atoms with van der Waals surface area (Å²) >= 11 is 0. The van der Waals surface area contributed by atoms with Crippen LogP contribution in [-0.4, -0.2) is 54.1 Å². The molecule has 5 unspecified atom stereocenters. The standard InChI is InChI=1S/C21H27NO6/c1-12-10-21(26-14-9-7-6-8-13(14)22-12)16(15-11-23-19(2,3)25-15)24-18-17(21)27-20(4,5)28-18/h6-9,15-18H,10-11H2,1-5H3. The Balaban J connectivity index is 1.59. The van der Waals surface area contributed by atoms with Crippen LogP contribution in [0.5, 0.6) is 5.75 Å². The number of ether oxygens (including phenoxy) is 6. The number of aliphatic imine (C=N–C) groups is 1. The molecule has 5 atom stereocenters. The monoisotopic (exact) mass is 389 g/mol. The van der Waals surface area contributed by atoms with Gasteiger partial charge in [0.15, 0.2) is 29.6 Å². The average molecular weight is 389 g/mol. The van der Waals surface area contributed by atoms with E-state index in [1.54, 1.807) is 0 Å². The van der Waals surface area contributed by atoms with Gasteiger partial charge in [0.2, 0.25) is 0 Å². The molecule has 0 radical (unpaired) electrons. The van der Waals surface area contributed by atoms with Crippen molar-refractivity contribution in [3.05, 3.63) is 24.3 Å². The molecule has 3 fully saturated rings. The summed E-state index contributed by atoms with van der Waals surface area (Å²) in [5, 5.41) is 0. The highest BCUT2D eigenvalue weighted by atomic mass is 16.9. The number of fused-ring (bicyclic) bond motifs is 3. The summed E-state index contributed by atoms with van der Waals surface area (Å²) in [4.78, 5) is 4.77. The summed E-state index contributed by atoms with van der Waals surface area (Å²) in [6, 6.07) is 7.78. The summed E-state index contributed by atoms with van der Waals surface area (Å²) in [5.74, 6) is -0.709. The van der Waals surface area contributed by atoms with Gasteiger partial charge in [0.1, 0.15) is 23.6 Å². The number of hydrogen-bond donors (Lipinski definition) is 0. The predicted octanol–water partition coefficient (Wildman–Crippen LogP) is 3.33. The van der Waals surface area contributed by atoms with Gasteiger partial charge in [-0.25, -0.2) is 0 Å². The molecule has 0 aliphatic carbocycles. The van der Waals surface area contributed by atoms with Crippen LogP contribution in [0.2, 0.25) is 0 Å². The SMILES string of the molecule is CC1=Nc2ccccc2OC2(C1)C(C1COC(C)(C)O1)OC1OC(C)(C)OC12. The summed E-state index contributed by atoms with van der Waals surface area (Å²) in [6.45, 7) is 10.0. The van der Waals surface area contributed by atoms with E-state index in [-0.39, 0.29) is 6.10 Å². The van der Waals surface area contributed by atoms with E-state index in [9.17, 15) is 0 Å². The van der Waals surface area contributed by atoms with Crippen molar-refractivity contribution in [3.8, 4) is 5.75 Å². The molecule has 1 aromatic rings. The van der Waals surface area contributed by atoms with E-state index in [1.807, 2.05) is 58.9 Å². The molecule has 4 heterocycles. The van der Waals surface area contributed by atoms with Crippen LogP contribution in [-0.2, 0) is 23.7 Å². The van der Waals surface area contributed by atoms with Gasteiger partial charge in [-0.3, -0.25) is 4.99 Å². The molecule has 4 aliphatic rings. The number of benzene rings is 1. The summed E-state index contributed by atoms with van der Waals surface area (Å²) < 4.78 is 37.4. The molecule has 152 valence electrons. The molecule has 1 aromatic carbocycles. The fourth-order valence-corrected chi connectivity index (χ4v) is 4.69. The van der Waals surface area contributed by atoms with Gasteiger partial charge in [0.05, 0.1) is 6.61 Å². The summed E-state index contributed by atoms with van der Waals surface area (Å²) in [5.41, 5.74) is 0.930. The molecule has 0 bridgehead atoms. The van der Waals surface area contributed by atoms with E-state index < -0.39 is 35.7 Å². The highest BCUT2D eigenvalue weighted by molar-refractivity contribution is 5.87. The minimum absolute atomic E-state index is 0.297.